The van der Waals surface area contributed by atoms with Crippen LogP contribution in [0, 0.1) is 0 Å². The van der Waals surface area contributed by atoms with Crippen molar-refractivity contribution in [1.82, 2.24) is 0 Å². The van der Waals surface area contributed by atoms with Crippen molar-refractivity contribution in [2.45, 2.75) is 18.3 Å². The summed E-state index contributed by atoms with van der Waals surface area (Å²) in [5.41, 5.74) is 0.652. The lowest BCUT2D eigenvalue weighted by Gasteiger charge is -2.15. The quantitative estimate of drug-likeness (QED) is 0.908. The van der Waals surface area contributed by atoms with Gasteiger partial charge in [0.15, 0.2) is 0 Å². The Bertz CT molecular complexity index is 659. The van der Waals surface area contributed by atoms with Crippen LogP contribution >= 0.6 is 11.3 Å². The van der Waals surface area contributed by atoms with Crippen molar-refractivity contribution in [3.63, 3.8) is 0 Å². The SMILES string of the molecule is O=C(O)c1ccsc1NC(=O)C1(c2ccccc2)CC1. The van der Waals surface area contributed by atoms with Crippen molar-refractivity contribution < 1.29 is 14.7 Å². The summed E-state index contributed by atoms with van der Waals surface area (Å²) in [6, 6.07) is 11.1. The van der Waals surface area contributed by atoms with Gasteiger partial charge in [0.25, 0.3) is 0 Å². The van der Waals surface area contributed by atoms with E-state index in [1.165, 1.54) is 17.4 Å². The highest BCUT2D eigenvalue weighted by atomic mass is 32.1. The topological polar surface area (TPSA) is 66.4 Å². The predicted octanol–water partition coefficient (Wildman–Crippen LogP) is 3.12. The molecule has 2 N–H and O–H groups in total. The Morgan fingerprint density at radius 1 is 1.15 bits per heavy atom. The Morgan fingerprint density at radius 2 is 1.85 bits per heavy atom. The number of nitrogens with one attached hydrogen (secondary N) is 1. The van der Waals surface area contributed by atoms with Crippen LogP contribution in [-0.4, -0.2) is 17.0 Å². The van der Waals surface area contributed by atoms with Crippen molar-refractivity contribution >= 4 is 28.2 Å². The van der Waals surface area contributed by atoms with E-state index in [9.17, 15) is 9.59 Å². The van der Waals surface area contributed by atoms with Crippen LogP contribution in [0.25, 0.3) is 0 Å². The summed E-state index contributed by atoms with van der Waals surface area (Å²) >= 11 is 1.23. The minimum Gasteiger partial charge on any atom is -0.478 e. The van der Waals surface area contributed by atoms with E-state index in [1.54, 1.807) is 5.38 Å². The zero-order valence-corrected chi connectivity index (χ0v) is 11.4. The Hall–Kier alpha value is -2.14. The molecule has 20 heavy (non-hydrogen) atoms. The minimum atomic E-state index is -1.02. The largest absolute Gasteiger partial charge is 0.478 e. The standard InChI is InChI=1S/C15H13NO3S/c17-13(18)11-6-9-20-12(11)16-14(19)15(7-8-15)10-4-2-1-3-5-10/h1-6,9H,7-8H2,(H,16,19)(H,17,18). The number of hydrogen-bond acceptors (Lipinski definition) is 3. The second-order valence-corrected chi connectivity index (χ2v) is 5.79. The maximum Gasteiger partial charge on any atom is 0.338 e. The average Bonchev–Trinajstić information content (AvgIpc) is 3.14. The Labute approximate surface area is 120 Å². The van der Waals surface area contributed by atoms with Crippen LogP contribution in [0.15, 0.2) is 41.8 Å². The summed E-state index contributed by atoms with van der Waals surface area (Å²) in [5, 5.41) is 13.9. The number of hydrogen-bond donors (Lipinski definition) is 2. The lowest BCUT2D eigenvalue weighted by Crippen LogP contribution is -2.28. The highest BCUT2D eigenvalue weighted by Crippen LogP contribution is 2.49. The minimum absolute atomic E-state index is 0.117. The second kappa shape index (κ2) is 4.76. The van der Waals surface area contributed by atoms with Gasteiger partial charge in [-0.15, -0.1) is 11.3 Å². The molecule has 1 amide bonds. The number of carbonyl (C=O) groups is 2. The summed E-state index contributed by atoms with van der Waals surface area (Å²) < 4.78 is 0. The van der Waals surface area contributed by atoms with E-state index in [1.807, 2.05) is 30.3 Å². The van der Waals surface area contributed by atoms with Gasteiger partial charge < -0.3 is 10.4 Å². The number of amides is 1. The van der Waals surface area contributed by atoms with E-state index in [2.05, 4.69) is 5.32 Å². The molecule has 1 aromatic heterocycles. The molecular weight excluding hydrogens is 274 g/mol. The fourth-order valence-corrected chi connectivity index (χ4v) is 3.10. The van der Waals surface area contributed by atoms with Gasteiger partial charge in [-0.05, 0) is 29.9 Å². The maximum atomic E-state index is 12.5. The predicted molar refractivity (Wildman–Crippen MR) is 77.3 cm³/mol. The monoisotopic (exact) mass is 287 g/mol. The number of anilines is 1. The number of carbonyl (C=O) groups excluding carboxylic acids is 1. The third kappa shape index (κ3) is 2.10. The lowest BCUT2D eigenvalue weighted by atomic mass is 9.95. The third-order valence-electron chi connectivity index (χ3n) is 3.63. The van der Waals surface area contributed by atoms with Crippen LogP contribution < -0.4 is 5.32 Å². The molecular formula is C15H13NO3S. The fourth-order valence-electron chi connectivity index (χ4n) is 2.33. The third-order valence-corrected chi connectivity index (χ3v) is 4.46. The molecule has 1 aromatic carbocycles. The molecule has 1 aliphatic rings. The normalized spacial score (nSPS) is 15.6. The van der Waals surface area contributed by atoms with Gasteiger partial charge in [0.05, 0.1) is 11.0 Å². The van der Waals surface area contributed by atoms with Crippen LogP contribution in [0.5, 0.6) is 0 Å². The Morgan fingerprint density at radius 3 is 2.45 bits per heavy atom. The van der Waals surface area contributed by atoms with Gasteiger partial charge in [-0.25, -0.2) is 4.79 Å². The number of thiophene rings is 1. The maximum absolute atomic E-state index is 12.5. The molecule has 4 nitrogen and oxygen atoms in total. The number of aromatic carboxylic acids is 1. The molecule has 0 atom stereocenters. The van der Waals surface area contributed by atoms with Crippen molar-refractivity contribution in [3.8, 4) is 0 Å². The molecule has 0 radical (unpaired) electrons. The van der Waals surface area contributed by atoms with Crippen LogP contribution in [0.3, 0.4) is 0 Å². The van der Waals surface area contributed by atoms with Crippen molar-refractivity contribution in [2.24, 2.45) is 0 Å². The second-order valence-electron chi connectivity index (χ2n) is 4.87. The van der Waals surface area contributed by atoms with E-state index in [-0.39, 0.29) is 11.5 Å². The average molecular weight is 287 g/mol. The Kier molecular flexibility index (Phi) is 3.06. The van der Waals surface area contributed by atoms with E-state index in [0.29, 0.717) is 5.00 Å². The van der Waals surface area contributed by atoms with Crippen LogP contribution in [0.1, 0.15) is 28.8 Å². The van der Waals surface area contributed by atoms with Crippen LogP contribution in [0.2, 0.25) is 0 Å². The summed E-state index contributed by atoms with van der Waals surface area (Å²) in [6.07, 6.45) is 1.60. The Balaban J connectivity index is 1.84. The first-order valence-electron chi connectivity index (χ1n) is 6.31. The first kappa shape index (κ1) is 12.9. The lowest BCUT2D eigenvalue weighted by molar-refractivity contribution is -0.118. The molecule has 5 heteroatoms. The fraction of sp³-hybridized carbons (Fsp3) is 0.200. The van der Waals surface area contributed by atoms with Crippen LogP contribution in [0.4, 0.5) is 5.00 Å². The van der Waals surface area contributed by atoms with Crippen molar-refractivity contribution in [3.05, 3.63) is 52.9 Å². The molecule has 0 bridgehead atoms. The van der Waals surface area contributed by atoms with Crippen molar-refractivity contribution in [2.75, 3.05) is 5.32 Å². The van der Waals surface area contributed by atoms with E-state index in [4.69, 9.17) is 5.11 Å². The molecule has 1 saturated carbocycles. The van der Waals surface area contributed by atoms with Crippen molar-refractivity contribution in [1.29, 1.82) is 0 Å². The summed E-state index contributed by atoms with van der Waals surface area (Å²) in [4.78, 5) is 23.5. The highest BCUT2D eigenvalue weighted by molar-refractivity contribution is 7.14. The number of rotatable bonds is 4. The zero-order chi connectivity index (χ0) is 14.2. The zero-order valence-electron chi connectivity index (χ0n) is 10.6. The van der Waals surface area contributed by atoms with Gasteiger partial charge in [0, 0.05) is 0 Å². The molecule has 0 unspecified atom stereocenters. The van der Waals surface area contributed by atoms with Gasteiger partial charge in [0.1, 0.15) is 5.00 Å². The first-order chi connectivity index (χ1) is 9.63. The molecule has 2 aromatic rings. The summed E-state index contributed by atoms with van der Waals surface area (Å²) in [5.74, 6) is -1.14. The molecule has 102 valence electrons. The molecule has 0 aliphatic heterocycles. The summed E-state index contributed by atoms with van der Waals surface area (Å²) in [7, 11) is 0. The number of carboxylic acid groups (broad SMARTS) is 1. The molecule has 1 fully saturated rings. The molecule has 3 rings (SSSR count). The summed E-state index contributed by atoms with van der Waals surface area (Å²) in [6.45, 7) is 0. The van der Waals surface area contributed by atoms with Gasteiger partial charge in [0.2, 0.25) is 5.91 Å². The molecule has 1 aliphatic carbocycles. The van der Waals surface area contributed by atoms with Gasteiger partial charge >= 0.3 is 5.97 Å². The van der Waals surface area contributed by atoms with E-state index >= 15 is 0 Å². The molecule has 0 saturated heterocycles. The molecule has 0 spiro atoms. The number of carboxylic acids is 1. The highest BCUT2D eigenvalue weighted by Gasteiger charge is 2.51. The smallest absolute Gasteiger partial charge is 0.338 e. The van der Waals surface area contributed by atoms with Gasteiger partial charge in [-0.1, -0.05) is 30.3 Å². The van der Waals surface area contributed by atoms with E-state index < -0.39 is 11.4 Å². The van der Waals surface area contributed by atoms with Gasteiger partial charge in [-0.2, -0.15) is 0 Å². The number of benzene rings is 1. The van der Waals surface area contributed by atoms with E-state index in [0.717, 1.165) is 18.4 Å². The van der Waals surface area contributed by atoms with Crippen LogP contribution in [-0.2, 0) is 10.2 Å². The molecule has 1 heterocycles. The van der Waals surface area contributed by atoms with Gasteiger partial charge in [-0.3, -0.25) is 4.79 Å². The first-order valence-corrected chi connectivity index (χ1v) is 7.19.